The standard InChI is InChI=1S/C25H27NO2/c1-16(13-18-7-4-3-5-8-18)22-15-19(11-12-24(22)27)28-25-17(2)14-23(26)20-9-6-10-21(20)25/h3-5,7-8,11-12,14-16,27H,6,9-10,13,26H2,1-2H3. The van der Waals surface area contributed by atoms with Gasteiger partial charge < -0.3 is 15.6 Å². The third-order valence-electron chi connectivity index (χ3n) is 5.71. The van der Waals surface area contributed by atoms with Crippen LogP contribution in [-0.2, 0) is 19.3 Å². The molecule has 1 aliphatic carbocycles. The van der Waals surface area contributed by atoms with Crippen molar-refractivity contribution < 1.29 is 9.84 Å². The van der Waals surface area contributed by atoms with Crippen LogP contribution in [0.3, 0.4) is 0 Å². The van der Waals surface area contributed by atoms with Gasteiger partial charge in [0.1, 0.15) is 17.2 Å². The summed E-state index contributed by atoms with van der Waals surface area (Å²) in [4.78, 5) is 0. The molecule has 3 N–H and O–H groups in total. The van der Waals surface area contributed by atoms with E-state index in [-0.39, 0.29) is 5.92 Å². The summed E-state index contributed by atoms with van der Waals surface area (Å²) in [5.74, 6) is 2.18. The Morgan fingerprint density at radius 2 is 1.79 bits per heavy atom. The third-order valence-corrected chi connectivity index (χ3v) is 5.71. The highest BCUT2D eigenvalue weighted by Crippen LogP contribution is 2.41. The first-order chi connectivity index (χ1) is 13.5. The molecule has 0 spiro atoms. The first kappa shape index (κ1) is 18.4. The van der Waals surface area contributed by atoms with Crippen LogP contribution in [0.4, 0.5) is 5.69 Å². The Balaban J connectivity index is 1.62. The van der Waals surface area contributed by atoms with Crippen LogP contribution in [-0.4, -0.2) is 5.11 Å². The van der Waals surface area contributed by atoms with Gasteiger partial charge in [0, 0.05) is 16.8 Å². The van der Waals surface area contributed by atoms with Gasteiger partial charge in [-0.2, -0.15) is 0 Å². The molecule has 4 rings (SSSR count). The zero-order valence-electron chi connectivity index (χ0n) is 16.5. The Bertz CT molecular complexity index is 995. The zero-order valence-corrected chi connectivity index (χ0v) is 16.5. The van der Waals surface area contributed by atoms with E-state index >= 15 is 0 Å². The third kappa shape index (κ3) is 3.57. The summed E-state index contributed by atoms with van der Waals surface area (Å²) in [6, 6.07) is 17.9. The van der Waals surface area contributed by atoms with Crippen molar-refractivity contribution in [2.24, 2.45) is 0 Å². The van der Waals surface area contributed by atoms with E-state index in [0.717, 1.165) is 54.0 Å². The van der Waals surface area contributed by atoms with Gasteiger partial charge in [-0.25, -0.2) is 0 Å². The van der Waals surface area contributed by atoms with E-state index in [0.29, 0.717) is 5.75 Å². The van der Waals surface area contributed by atoms with E-state index in [1.165, 1.54) is 16.7 Å². The number of ether oxygens (including phenoxy) is 1. The topological polar surface area (TPSA) is 55.5 Å². The number of hydrogen-bond donors (Lipinski definition) is 2. The average molecular weight is 373 g/mol. The largest absolute Gasteiger partial charge is 0.508 e. The van der Waals surface area contributed by atoms with Crippen molar-refractivity contribution in [2.75, 3.05) is 5.73 Å². The minimum absolute atomic E-state index is 0.184. The van der Waals surface area contributed by atoms with Crippen molar-refractivity contribution >= 4 is 5.69 Å². The summed E-state index contributed by atoms with van der Waals surface area (Å²) in [5, 5.41) is 10.4. The molecule has 3 aromatic rings. The number of hydrogen-bond acceptors (Lipinski definition) is 3. The fourth-order valence-corrected chi connectivity index (χ4v) is 4.27. The van der Waals surface area contributed by atoms with Crippen LogP contribution in [0, 0.1) is 6.92 Å². The van der Waals surface area contributed by atoms with Gasteiger partial charge in [-0.3, -0.25) is 0 Å². The fourth-order valence-electron chi connectivity index (χ4n) is 4.27. The predicted octanol–water partition coefficient (Wildman–Crippen LogP) is 5.91. The molecule has 3 nitrogen and oxygen atoms in total. The van der Waals surface area contributed by atoms with E-state index in [9.17, 15) is 5.11 Å². The molecular formula is C25H27NO2. The highest BCUT2D eigenvalue weighted by molar-refractivity contribution is 5.62. The molecule has 0 aliphatic heterocycles. The monoisotopic (exact) mass is 373 g/mol. The summed E-state index contributed by atoms with van der Waals surface area (Å²) < 4.78 is 6.34. The SMILES string of the molecule is Cc1cc(N)c2c(c1Oc1ccc(O)c(C(C)Cc3ccccc3)c1)CCC2. The van der Waals surface area contributed by atoms with Crippen molar-refractivity contribution in [2.45, 2.75) is 45.4 Å². The molecule has 0 heterocycles. The fraction of sp³-hybridized carbons (Fsp3) is 0.280. The molecule has 1 aliphatic rings. The Morgan fingerprint density at radius 1 is 1.04 bits per heavy atom. The number of rotatable bonds is 5. The minimum atomic E-state index is 0.184. The van der Waals surface area contributed by atoms with E-state index in [1.807, 2.05) is 43.3 Å². The molecule has 1 unspecified atom stereocenters. The van der Waals surface area contributed by atoms with Gasteiger partial charge in [0.15, 0.2) is 0 Å². The van der Waals surface area contributed by atoms with Crippen LogP contribution in [0.5, 0.6) is 17.2 Å². The van der Waals surface area contributed by atoms with Crippen molar-refractivity contribution in [1.82, 2.24) is 0 Å². The van der Waals surface area contributed by atoms with Crippen LogP contribution in [0.25, 0.3) is 0 Å². The Morgan fingerprint density at radius 3 is 2.57 bits per heavy atom. The number of phenolic OH excluding ortho intramolecular Hbond substituents is 1. The number of benzene rings is 3. The Hall–Kier alpha value is -2.94. The lowest BCUT2D eigenvalue weighted by Crippen LogP contribution is -2.01. The van der Waals surface area contributed by atoms with Crippen LogP contribution in [0.1, 0.15) is 47.1 Å². The number of fused-ring (bicyclic) bond motifs is 1. The number of aromatic hydroxyl groups is 1. The number of nitrogen functional groups attached to an aromatic ring is 1. The maximum Gasteiger partial charge on any atom is 0.133 e. The second kappa shape index (κ2) is 7.59. The number of nitrogens with two attached hydrogens (primary N) is 1. The second-order valence-corrected chi connectivity index (χ2v) is 7.84. The molecule has 0 saturated carbocycles. The Kier molecular flexibility index (Phi) is 4.99. The van der Waals surface area contributed by atoms with Crippen molar-refractivity contribution in [3.05, 3.63) is 82.4 Å². The molecule has 0 amide bonds. The molecule has 0 saturated heterocycles. The highest BCUT2D eigenvalue weighted by Gasteiger charge is 2.22. The van der Waals surface area contributed by atoms with E-state index in [4.69, 9.17) is 10.5 Å². The molecule has 0 radical (unpaired) electrons. The molecule has 0 bridgehead atoms. The van der Waals surface area contributed by atoms with Crippen LogP contribution in [0.15, 0.2) is 54.6 Å². The van der Waals surface area contributed by atoms with Crippen LogP contribution in [0.2, 0.25) is 0 Å². The van der Waals surface area contributed by atoms with Crippen molar-refractivity contribution in [1.29, 1.82) is 0 Å². The quantitative estimate of drug-likeness (QED) is 0.547. The minimum Gasteiger partial charge on any atom is -0.508 e. The number of anilines is 1. The lowest BCUT2D eigenvalue weighted by atomic mass is 9.93. The van der Waals surface area contributed by atoms with Crippen LogP contribution < -0.4 is 10.5 Å². The van der Waals surface area contributed by atoms with Crippen molar-refractivity contribution in [3.63, 3.8) is 0 Å². The molecule has 1 atom stereocenters. The molecule has 0 fully saturated rings. The van der Waals surface area contributed by atoms with Crippen molar-refractivity contribution in [3.8, 4) is 17.2 Å². The average Bonchev–Trinajstić information content (AvgIpc) is 3.17. The highest BCUT2D eigenvalue weighted by atomic mass is 16.5. The molecule has 144 valence electrons. The van der Waals surface area contributed by atoms with Gasteiger partial charge in [0.25, 0.3) is 0 Å². The smallest absolute Gasteiger partial charge is 0.133 e. The van der Waals surface area contributed by atoms with Gasteiger partial charge in [-0.05, 0) is 79.5 Å². The maximum atomic E-state index is 10.4. The van der Waals surface area contributed by atoms with Gasteiger partial charge in [-0.1, -0.05) is 37.3 Å². The van der Waals surface area contributed by atoms with E-state index in [2.05, 4.69) is 19.1 Å². The number of aryl methyl sites for hydroxylation is 1. The van der Waals surface area contributed by atoms with Crippen LogP contribution >= 0.6 is 0 Å². The molecule has 3 heteroatoms. The lowest BCUT2D eigenvalue weighted by molar-refractivity contribution is 0.450. The van der Waals surface area contributed by atoms with E-state index in [1.54, 1.807) is 6.07 Å². The van der Waals surface area contributed by atoms with Gasteiger partial charge in [0.2, 0.25) is 0 Å². The number of phenols is 1. The zero-order chi connectivity index (χ0) is 19.7. The first-order valence-electron chi connectivity index (χ1n) is 9.98. The summed E-state index contributed by atoms with van der Waals surface area (Å²) >= 11 is 0. The predicted molar refractivity (Wildman–Crippen MR) is 114 cm³/mol. The molecule has 28 heavy (non-hydrogen) atoms. The second-order valence-electron chi connectivity index (χ2n) is 7.84. The summed E-state index contributed by atoms with van der Waals surface area (Å²) in [7, 11) is 0. The summed E-state index contributed by atoms with van der Waals surface area (Å²) in [5.41, 5.74) is 12.8. The summed E-state index contributed by atoms with van der Waals surface area (Å²) in [6.45, 7) is 4.18. The van der Waals surface area contributed by atoms with Gasteiger partial charge in [-0.15, -0.1) is 0 Å². The molecule has 0 aromatic heterocycles. The lowest BCUT2D eigenvalue weighted by Gasteiger charge is -2.18. The summed E-state index contributed by atoms with van der Waals surface area (Å²) in [6.07, 6.45) is 4.01. The van der Waals surface area contributed by atoms with E-state index < -0.39 is 0 Å². The molecular weight excluding hydrogens is 346 g/mol. The maximum absolute atomic E-state index is 10.4. The van der Waals surface area contributed by atoms with Gasteiger partial charge in [0.05, 0.1) is 0 Å². The van der Waals surface area contributed by atoms with Gasteiger partial charge >= 0.3 is 0 Å². The first-order valence-corrected chi connectivity index (χ1v) is 9.98. The molecule has 3 aromatic carbocycles. The Labute approximate surface area is 166 Å². The normalized spacial score (nSPS) is 13.9.